The number of alkyl halides is 3. The van der Waals surface area contributed by atoms with E-state index in [4.69, 9.17) is 10.6 Å². The molecule has 0 heterocycles. The molecule has 2 atom stereocenters. The van der Waals surface area contributed by atoms with E-state index in [0.29, 0.717) is 18.6 Å². The summed E-state index contributed by atoms with van der Waals surface area (Å²) in [6.45, 7) is 4.33. The Balaban J connectivity index is 2.93. The number of nitrogens with two attached hydrogens (primary N) is 1. The molecule has 0 saturated carbocycles. The van der Waals surface area contributed by atoms with Crippen LogP contribution in [0.5, 0.6) is 0 Å². The zero-order valence-corrected chi connectivity index (χ0v) is 11.0. The van der Waals surface area contributed by atoms with Crippen LogP contribution in [0.25, 0.3) is 0 Å². The molecule has 0 aliphatic carbocycles. The third-order valence-electron chi connectivity index (χ3n) is 2.93. The second-order valence-corrected chi connectivity index (χ2v) is 4.17. The first-order valence-electron chi connectivity index (χ1n) is 6.18. The first kappa shape index (κ1) is 15.9. The first-order chi connectivity index (χ1) is 8.93. The maximum Gasteiger partial charge on any atom is 0.416 e. The van der Waals surface area contributed by atoms with Crippen LogP contribution in [0.1, 0.15) is 37.4 Å². The van der Waals surface area contributed by atoms with Crippen LogP contribution in [0.3, 0.4) is 0 Å². The van der Waals surface area contributed by atoms with Crippen LogP contribution in [0.4, 0.5) is 13.2 Å². The van der Waals surface area contributed by atoms with Crippen molar-refractivity contribution in [1.29, 1.82) is 0 Å². The van der Waals surface area contributed by atoms with Crippen molar-refractivity contribution in [3.8, 4) is 0 Å². The van der Waals surface area contributed by atoms with Gasteiger partial charge in [-0.25, -0.2) is 0 Å². The highest BCUT2D eigenvalue weighted by molar-refractivity contribution is 5.27. The van der Waals surface area contributed by atoms with E-state index in [1.165, 1.54) is 12.1 Å². The zero-order chi connectivity index (χ0) is 14.5. The number of hydrazine groups is 1. The molecule has 0 aliphatic heterocycles. The molecule has 3 nitrogen and oxygen atoms in total. The molecule has 0 radical (unpaired) electrons. The Hall–Kier alpha value is -1.11. The molecule has 0 aliphatic rings. The summed E-state index contributed by atoms with van der Waals surface area (Å²) in [5.74, 6) is 5.48. The molecule has 0 bridgehead atoms. The largest absolute Gasteiger partial charge is 0.416 e. The maximum atomic E-state index is 12.5. The summed E-state index contributed by atoms with van der Waals surface area (Å²) in [7, 11) is 0. The van der Waals surface area contributed by atoms with Crippen molar-refractivity contribution in [2.75, 3.05) is 6.61 Å². The van der Waals surface area contributed by atoms with Gasteiger partial charge >= 0.3 is 6.18 Å². The lowest BCUT2D eigenvalue weighted by Crippen LogP contribution is -2.37. The summed E-state index contributed by atoms with van der Waals surface area (Å²) >= 11 is 0. The van der Waals surface area contributed by atoms with Gasteiger partial charge in [0.15, 0.2) is 0 Å². The predicted molar refractivity (Wildman–Crippen MR) is 67.2 cm³/mol. The van der Waals surface area contributed by atoms with Gasteiger partial charge in [-0.05, 0) is 31.0 Å². The molecule has 6 heteroatoms. The monoisotopic (exact) mass is 276 g/mol. The van der Waals surface area contributed by atoms with E-state index in [1.807, 2.05) is 13.8 Å². The minimum absolute atomic E-state index is 0.174. The summed E-state index contributed by atoms with van der Waals surface area (Å²) in [5, 5.41) is 0. The number of hydrogen-bond donors (Lipinski definition) is 2. The smallest absolute Gasteiger partial charge is 0.376 e. The van der Waals surface area contributed by atoms with Crippen LogP contribution in [0.2, 0.25) is 0 Å². The van der Waals surface area contributed by atoms with E-state index < -0.39 is 11.7 Å². The van der Waals surface area contributed by atoms with E-state index >= 15 is 0 Å². The molecule has 0 fully saturated rings. The lowest BCUT2D eigenvalue weighted by molar-refractivity contribution is -0.137. The Morgan fingerprint density at radius 1 is 1.21 bits per heavy atom. The average molecular weight is 276 g/mol. The maximum absolute atomic E-state index is 12.5. The van der Waals surface area contributed by atoms with E-state index in [1.54, 1.807) is 0 Å². The Labute approximate surface area is 110 Å². The van der Waals surface area contributed by atoms with Crippen molar-refractivity contribution in [3.63, 3.8) is 0 Å². The standard InChI is InChI=1S/C13H19F3N2O/c1-3-11(19-4-2)12(18-17)9-5-7-10(8-6-9)13(14,15)16/h5-8,11-12,18H,3-4,17H2,1-2H3. The quantitative estimate of drug-likeness (QED) is 0.620. The van der Waals surface area contributed by atoms with Crippen molar-refractivity contribution in [1.82, 2.24) is 5.43 Å². The third kappa shape index (κ3) is 4.19. The molecule has 0 spiro atoms. The predicted octanol–water partition coefficient (Wildman–Crippen LogP) is 3.02. The van der Waals surface area contributed by atoms with Gasteiger partial charge in [-0.15, -0.1) is 0 Å². The molecular formula is C13H19F3N2O. The molecule has 1 aromatic carbocycles. The summed E-state index contributed by atoms with van der Waals surface area (Å²) in [4.78, 5) is 0. The average Bonchev–Trinajstić information content (AvgIpc) is 2.38. The second kappa shape index (κ2) is 6.88. The fourth-order valence-corrected chi connectivity index (χ4v) is 1.96. The summed E-state index contributed by atoms with van der Waals surface area (Å²) in [6, 6.07) is 4.63. The topological polar surface area (TPSA) is 47.3 Å². The molecule has 0 aromatic heterocycles. The van der Waals surface area contributed by atoms with Crippen LogP contribution >= 0.6 is 0 Å². The second-order valence-electron chi connectivity index (χ2n) is 4.17. The number of nitrogens with one attached hydrogen (secondary N) is 1. The third-order valence-corrected chi connectivity index (χ3v) is 2.93. The SMILES string of the molecule is CCOC(CC)C(NN)c1ccc(C(F)(F)F)cc1. The van der Waals surface area contributed by atoms with Crippen molar-refractivity contribution in [2.45, 2.75) is 38.6 Å². The highest BCUT2D eigenvalue weighted by Crippen LogP contribution is 2.30. The van der Waals surface area contributed by atoms with Crippen LogP contribution in [-0.2, 0) is 10.9 Å². The first-order valence-corrected chi connectivity index (χ1v) is 6.18. The number of hydrogen-bond acceptors (Lipinski definition) is 3. The van der Waals surface area contributed by atoms with Crippen LogP contribution in [0.15, 0.2) is 24.3 Å². The number of rotatable bonds is 6. The fourth-order valence-electron chi connectivity index (χ4n) is 1.96. The highest BCUT2D eigenvalue weighted by Gasteiger charge is 2.30. The van der Waals surface area contributed by atoms with Gasteiger partial charge in [0.2, 0.25) is 0 Å². The molecule has 1 rings (SSSR count). The minimum atomic E-state index is -4.33. The molecule has 2 unspecified atom stereocenters. The molecule has 108 valence electrons. The lowest BCUT2D eigenvalue weighted by atomic mass is 9.99. The summed E-state index contributed by atoms with van der Waals surface area (Å²) in [5.41, 5.74) is 2.61. The molecule has 0 saturated heterocycles. The normalized spacial score (nSPS) is 15.3. The van der Waals surface area contributed by atoms with Crippen LogP contribution in [-0.4, -0.2) is 12.7 Å². The Morgan fingerprint density at radius 3 is 2.16 bits per heavy atom. The van der Waals surface area contributed by atoms with Crippen molar-refractivity contribution >= 4 is 0 Å². The van der Waals surface area contributed by atoms with E-state index in [0.717, 1.165) is 12.1 Å². The van der Waals surface area contributed by atoms with Crippen molar-refractivity contribution < 1.29 is 17.9 Å². The number of benzene rings is 1. The van der Waals surface area contributed by atoms with Gasteiger partial charge in [0.1, 0.15) is 0 Å². The Bertz CT molecular complexity index is 378. The molecule has 0 amide bonds. The Morgan fingerprint density at radius 2 is 1.79 bits per heavy atom. The van der Waals surface area contributed by atoms with Gasteiger partial charge < -0.3 is 4.74 Å². The van der Waals surface area contributed by atoms with Gasteiger partial charge in [0.05, 0.1) is 17.7 Å². The lowest BCUT2D eigenvalue weighted by Gasteiger charge is -2.26. The van der Waals surface area contributed by atoms with E-state index in [9.17, 15) is 13.2 Å². The summed E-state index contributed by atoms with van der Waals surface area (Å²) < 4.78 is 43.0. The Kier molecular flexibility index (Phi) is 5.78. The zero-order valence-electron chi connectivity index (χ0n) is 11.0. The molecule has 1 aromatic rings. The fraction of sp³-hybridized carbons (Fsp3) is 0.538. The van der Waals surface area contributed by atoms with Gasteiger partial charge in [-0.1, -0.05) is 19.1 Å². The van der Waals surface area contributed by atoms with Crippen LogP contribution in [0, 0.1) is 0 Å². The molecule has 19 heavy (non-hydrogen) atoms. The minimum Gasteiger partial charge on any atom is -0.376 e. The van der Waals surface area contributed by atoms with Crippen LogP contribution < -0.4 is 11.3 Å². The van der Waals surface area contributed by atoms with Gasteiger partial charge in [0.25, 0.3) is 0 Å². The number of ether oxygens (including phenoxy) is 1. The molecular weight excluding hydrogens is 257 g/mol. The summed E-state index contributed by atoms with van der Waals surface area (Å²) in [6.07, 6.45) is -3.79. The van der Waals surface area contributed by atoms with E-state index in [2.05, 4.69) is 5.43 Å². The number of halogens is 3. The van der Waals surface area contributed by atoms with E-state index in [-0.39, 0.29) is 12.1 Å². The van der Waals surface area contributed by atoms with Gasteiger partial charge in [0, 0.05) is 6.61 Å². The van der Waals surface area contributed by atoms with Gasteiger partial charge in [-0.3, -0.25) is 11.3 Å². The van der Waals surface area contributed by atoms with Gasteiger partial charge in [-0.2, -0.15) is 13.2 Å². The van der Waals surface area contributed by atoms with Crippen molar-refractivity contribution in [2.24, 2.45) is 5.84 Å². The highest BCUT2D eigenvalue weighted by atomic mass is 19.4. The van der Waals surface area contributed by atoms with Crippen molar-refractivity contribution in [3.05, 3.63) is 35.4 Å². The molecule has 3 N–H and O–H groups in total.